The summed E-state index contributed by atoms with van der Waals surface area (Å²) in [4.78, 5) is 25.4. The molecule has 0 atom stereocenters. The van der Waals surface area contributed by atoms with Crippen molar-refractivity contribution in [2.75, 3.05) is 18.4 Å². The minimum atomic E-state index is -4.54. The van der Waals surface area contributed by atoms with E-state index in [1.54, 1.807) is 6.92 Å². The zero-order valence-corrected chi connectivity index (χ0v) is 15.5. The smallest absolute Gasteiger partial charge is 0.337 e. The Morgan fingerprint density at radius 1 is 1.32 bits per heavy atom. The monoisotopic (exact) mass is 412 g/mol. The van der Waals surface area contributed by atoms with Crippen LogP contribution in [0.4, 0.5) is 19.0 Å². The van der Waals surface area contributed by atoms with Crippen molar-refractivity contribution >= 4 is 29.2 Å². The first-order chi connectivity index (χ1) is 13.1. The molecule has 1 N–H and O–H groups in total. The average Bonchev–Trinajstić information content (AvgIpc) is 2.92. The Morgan fingerprint density at radius 2 is 2.00 bits per heavy atom. The van der Waals surface area contributed by atoms with Crippen LogP contribution in [-0.4, -0.2) is 39.6 Å². The van der Waals surface area contributed by atoms with E-state index in [0.717, 1.165) is 22.9 Å². The molecule has 1 aliphatic rings. The highest BCUT2D eigenvalue weighted by molar-refractivity contribution is 6.32. The minimum Gasteiger partial charge on any atom is -0.337 e. The van der Waals surface area contributed by atoms with Crippen LogP contribution in [0, 0.1) is 12.8 Å². The van der Waals surface area contributed by atoms with Gasteiger partial charge in [-0.2, -0.15) is 18.3 Å². The highest BCUT2D eigenvalue weighted by Gasteiger charge is 2.35. The molecule has 10 heteroatoms. The molecule has 1 aliphatic heterocycles. The van der Waals surface area contributed by atoms with Crippen molar-refractivity contribution in [1.29, 1.82) is 0 Å². The van der Waals surface area contributed by atoms with E-state index in [2.05, 4.69) is 17.0 Å². The number of likely N-dealkylation sites (tertiary alicyclic amines) is 1. The highest BCUT2D eigenvalue weighted by Crippen LogP contribution is 2.34. The maximum Gasteiger partial charge on any atom is 0.416 e. The van der Waals surface area contributed by atoms with E-state index in [9.17, 15) is 22.8 Å². The molecule has 148 valence electrons. The van der Waals surface area contributed by atoms with Crippen molar-refractivity contribution in [3.05, 3.63) is 53.2 Å². The Hall–Kier alpha value is -2.81. The molecule has 0 aliphatic carbocycles. The second-order valence-electron chi connectivity index (χ2n) is 6.38. The van der Waals surface area contributed by atoms with Gasteiger partial charge in [-0.05, 0) is 31.2 Å². The van der Waals surface area contributed by atoms with Crippen molar-refractivity contribution in [2.45, 2.75) is 13.1 Å². The van der Waals surface area contributed by atoms with E-state index in [1.807, 2.05) is 0 Å². The number of anilines is 1. The van der Waals surface area contributed by atoms with Gasteiger partial charge < -0.3 is 10.2 Å². The predicted molar refractivity (Wildman–Crippen MR) is 97.2 cm³/mol. The maximum atomic E-state index is 13.0. The van der Waals surface area contributed by atoms with E-state index in [4.69, 9.17) is 11.6 Å². The summed E-state index contributed by atoms with van der Waals surface area (Å²) in [6, 6.07) is 4.41. The molecule has 28 heavy (non-hydrogen) atoms. The molecule has 1 saturated heterocycles. The van der Waals surface area contributed by atoms with Crippen LogP contribution in [-0.2, 0) is 15.8 Å². The fourth-order valence-electron chi connectivity index (χ4n) is 2.81. The first kappa shape index (κ1) is 19.9. The van der Waals surface area contributed by atoms with Crippen LogP contribution in [0.5, 0.6) is 0 Å². The molecule has 0 bridgehead atoms. The third kappa shape index (κ3) is 3.89. The number of nitrogens with one attached hydrogen (secondary N) is 1. The fourth-order valence-corrected chi connectivity index (χ4v) is 3.00. The van der Waals surface area contributed by atoms with Crippen molar-refractivity contribution in [3.8, 4) is 5.69 Å². The third-order valence-corrected chi connectivity index (χ3v) is 4.64. The Kier molecular flexibility index (Phi) is 5.20. The molecular weight excluding hydrogens is 397 g/mol. The van der Waals surface area contributed by atoms with Gasteiger partial charge in [0, 0.05) is 19.2 Å². The zero-order chi connectivity index (χ0) is 20.6. The van der Waals surface area contributed by atoms with Gasteiger partial charge in [-0.15, -0.1) is 0 Å². The Balaban J connectivity index is 1.84. The third-order valence-electron chi connectivity index (χ3n) is 4.32. The van der Waals surface area contributed by atoms with Gasteiger partial charge in [0.15, 0.2) is 0 Å². The van der Waals surface area contributed by atoms with Crippen molar-refractivity contribution in [2.24, 2.45) is 5.92 Å². The molecular formula is C18H16ClF3N4O2. The molecule has 2 aromatic rings. The van der Waals surface area contributed by atoms with E-state index in [-0.39, 0.29) is 41.4 Å². The van der Waals surface area contributed by atoms with Crippen LogP contribution in [0.1, 0.15) is 11.3 Å². The SMILES string of the molecule is C=CC(=O)N1CC(C(=O)Nc2cc(C)nn2-c2cc(C(F)(F)F)ccc2Cl)C1. The normalized spacial score (nSPS) is 14.5. The molecule has 2 heterocycles. The summed E-state index contributed by atoms with van der Waals surface area (Å²) in [5.74, 6) is -0.861. The Morgan fingerprint density at radius 3 is 2.61 bits per heavy atom. The summed E-state index contributed by atoms with van der Waals surface area (Å²) < 4.78 is 40.3. The van der Waals surface area contributed by atoms with Crippen molar-refractivity contribution in [1.82, 2.24) is 14.7 Å². The van der Waals surface area contributed by atoms with Crippen LogP contribution >= 0.6 is 11.6 Å². The largest absolute Gasteiger partial charge is 0.416 e. The van der Waals surface area contributed by atoms with Crippen molar-refractivity contribution in [3.63, 3.8) is 0 Å². The second-order valence-corrected chi connectivity index (χ2v) is 6.79. The zero-order valence-electron chi connectivity index (χ0n) is 14.8. The number of carbonyl (C=O) groups is 2. The minimum absolute atomic E-state index is 0.00281. The lowest BCUT2D eigenvalue weighted by Gasteiger charge is -2.37. The number of benzene rings is 1. The van der Waals surface area contributed by atoms with Crippen molar-refractivity contribution < 1.29 is 22.8 Å². The number of nitrogens with zero attached hydrogens (tertiary/aromatic N) is 3. The number of amides is 2. The van der Waals surface area contributed by atoms with Gasteiger partial charge >= 0.3 is 6.18 Å². The lowest BCUT2D eigenvalue weighted by atomic mass is 9.99. The lowest BCUT2D eigenvalue weighted by molar-refractivity contribution is -0.138. The van der Waals surface area contributed by atoms with E-state index in [1.165, 1.54) is 17.0 Å². The fraction of sp³-hybridized carbons (Fsp3) is 0.278. The van der Waals surface area contributed by atoms with Crippen LogP contribution in [0.25, 0.3) is 5.69 Å². The standard InChI is InChI=1S/C18H16ClF3N4O2/c1-3-16(27)25-8-11(9-25)17(28)23-15-6-10(2)24-26(15)14-7-12(18(20,21)22)4-5-13(14)19/h3-7,11H,1,8-9H2,2H3,(H,23,28). The number of halogens is 4. The maximum absolute atomic E-state index is 13.0. The molecule has 6 nitrogen and oxygen atoms in total. The number of hydrogen-bond acceptors (Lipinski definition) is 3. The first-order valence-electron chi connectivity index (χ1n) is 8.26. The average molecular weight is 413 g/mol. The number of carbonyl (C=O) groups excluding carboxylic acids is 2. The summed E-state index contributed by atoms with van der Waals surface area (Å²) in [6.45, 7) is 5.51. The van der Waals surface area contributed by atoms with Gasteiger partial charge in [0.05, 0.1) is 27.9 Å². The van der Waals surface area contributed by atoms with E-state index in [0.29, 0.717) is 5.69 Å². The molecule has 0 spiro atoms. The van der Waals surface area contributed by atoms with Gasteiger partial charge in [0.2, 0.25) is 11.8 Å². The summed E-state index contributed by atoms with van der Waals surface area (Å²) in [5, 5.41) is 6.86. The van der Waals surface area contributed by atoms with Gasteiger partial charge in [0.25, 0.3) is 0 Å². The van der Waals surface area contributed by atoms with E-state index >= 15 is 0 Å². The molecule has 0 saturated carbocycles. The predicted octanol–water partition coefficient (Wildman–Crippen LogP) is 3.44. The van der Waals surface area contributed by atoms with Crippen LogP contribution < -0.4 is 5.32 Å². The molecule has 1 fully saturated rings. The molecule has 2 amide bonds. The van der Waals surface area contributed by atoms with Crippen LogP contribution in [0.3, 0.4) is 0 Å². The topological polar surface area (TPSA) is 67.2 Å². The summed E-state index contributed by atoms with van der Waals surface area (Å²) in [6.07, 6.45) is -3.37. The molecule has 3 rings (SSSR count). The number of aromatic nitrogens is 2. The first-order valence-corrected chi connectivity index (χ1v) is 8.64. The summed E-state index contributed by atoms with van der Waals surface area (Å²) in [7, 11) is 0. The van der Waals surface area contributed by atoms with Gasteiger partial charge in [-0.25, -0.2) is 4.68 Å². The van der Waals surface area contributed by atoms with Gasteiger partial charge in [0.1, 0.15) is 5.82 Å². The van der Waals surface area contributed by atoms with Gasteiger partial charge in [-0.1, -0.05) is 18.2 Å². The lowest BCUT2D eigenvalue weighted by Crippen LogP contribution is -2.54. The van der Waals surface area contributed by atoms with Crippen LogP contribution in [0.15, 0.2) is 36.9 Å². The highest BCUT2D eigenvalue weighted by atomic mass is 35.5. The Bertz CT molecular complexity index is 949. The van der Waals surface area contributed by atoms with Gasteiger partial charge in [-0.3, -0.25) is 9.59 Å². The molecule has 1 aromatic heterocycles. The summed E-state index contributed by atoms with van der Waals surface area (Å²) >= 11 is 6.08. The van der Waals surface area contributed by atoms with Crippen LogP contribution in [0.2, 0.25) is 5.02 Å². The number of hydrogen-bond donors (Lipinski definition) is 1. The molecule has 1 aromatic carbocycles. The Labute approximate surface area is 163 Å². The number of rotatable bonds is 4. The second kappa shape index (κ2) is 7.31. The number of alkyl halides is 3. The summed E-state index contributed by atoms with van der Waals surface area (Å²) in [5.41, 5.74) is -0.396. The molecule has 0 radical (unpaired) electrons. The van der Waals surface area contributed by atoms with E-state index < -0.39 is 17.7 Å². The molecule has 0 unspecified atom stereocenters. The quantitative estimate of drug-likeness (QED) is 0.782. The number of aryl methyl sites for hydroxylation is 1.